The second kappa shape index (κ2) is 8.39. The molecular formula is C27H48. The fourth-order valence-corrected chi connectivity index (χ4v) is 9.26. The summed E-state index contributed by atoms with van der Waals surface area (Å²) in [6.45, 7) is 7.91. The van der Waals surface area contributed by atoms with E-state index in [0.717, 1.165) is 29.6 Å². The fourth-order valence-electron chi connectivity index (χ4n) is 9.26. The Labute approximate surface area is 170 Å². The van der Waals surface area contributed by atoms with Gasteiger partial charge in [0.05, 0.1) is 0 Å². The van der Waals surface area contributed by atoms with Gasteiger partial charge in [-0.15, -0.1) is 0 Å². The van der Waals surface area contributed by atoms with E-state index in [9.17, 15) is 0 Å². The normalized spacial score (nSPS) is 36.8. The van der Waals surface area contributed by atoms with Crippen LogP contribution in [0.3, 0.4) is 0 Å². The third-order valence-electron chi connectivity index (χ3n) is 10.3. The van der Waals surface area contributed by atoms with E-state index in [0.29, 0.717) is 10.8 Å². The Morgan fingerprint density at radius 1 is 0.778 bits per heavy atom. The molecule has 0 spiro atoms. The molecule has 4 saturated carbocycles. The first-order valence-electron chi connectivity index (χ1n) is 13.1. The highest BCUT2D eigenvalue weighted by molar-refractivity contribution is 5.10. The van der Waals surface area contributed by atoms with Crippen LogP contribution < -0.4 is 0 Å². The third-order valence-corrected chi connectivity index (χ3v) is 10.3. The molecule has 4 fully saturated rings. The maximum absolute atomic E-state index is 2.70. The molecule has 4 aliphatic rings. The van der Waals surface area contributed by atoms with Crippen molar-refractivity contribution in [3.63, 3.8) is 0 Å². The Hall–Kier alpha value is 0. The summed E-state index contributed by atoms with van der Waals surface area (Å²) >= 11 is 0. The summed E-state index contributed by atoms with van der Waals surface area (Å²) in [6, 6.07) is 0. The van der Waals surface area contributed by atoms with Crippen molar-refractivity contribution in [1.29, 1.82) is 0 Å². The van der Waals surface area contributed by atoms with Crippen molar-refractivity contribution in [3.8, 4) is 0 Å². The monoisotopic (exact) mass is 372 g/mol. The fraction of sp³-hybridized carbons (Fsp3) is 1.00. The smallest absolute Gasteiger partial charge is 0.0233 e. The molecular weight excluding hydrogens is 324 g/mol. The Bertz CT molecular complexity index is 464. The van der Waals surface area contributed by atoms with Gasteiger partial charge in [0.25, 0.3) is 0 Å². The summed E-state index contributed by atoms with van der Waals surface area (Å²) in [7, 11) is 0. The van der Waals surface area contributed by atoms with Gasteiger partial charge in [0, 0.05) is 0 Å². The zero-order valence-electron chi connectivity index (χ0n) is 18.9. The average Bonchev–Trinajstić information content (AvgIpc) is 3.26. The van der Waals surface area contributed by atoms with Gasteiger partial charge in [0.15, 0.2) is 0 Å². The largest absolute Gasteiger partial charge is 0.0654 e. The second-order valence-corrected chi connectivity index (χ2v) is 11.9. The van der Waals surface area contributed by atoms with Crippen LogP contribution in [0.5, 0.6) is 0 Å². The topological polar surface area (TPSA) is 0 Å². The van der Waals surface area contributed by atoms with Crippen LogP contribution in [-0.4, -0.2) is 0 Å². The molecule has 27 heavy (non-hydrogen) atoms. The highest BCUT2D eigenvalue weighted by Crippen LogP contribution is 2.69. The molecule has 0 amide bonds. The van der Waals surface area contributed by atoms with Crippen molar-refractivity contribution in [2.75, 3.05) is 0 Å². The minimum absolute atomic E-state index is 0.613. The summed E-state index contributed by atoms with van der Waals surface area (Å²) in [5, 5.41) is 0. The molecule has 0 saturated heterocycles. The molecule has 0 radical (unpaired) electrons. The Morgan fingerprint density at radius 2 is 1.44 bits per heavy atom. The molecule has 156 valence electrons. The Balaban J connectivity index is 1.62. The van der Waals surface area contributed by atoms with Crippen LogP contribution in [0.1, 0.15) is 130 Å². The van der Waals surface area contributed by atoms with Crippen molar-refractivity contribution in [3.05, 3.63) is 0 Å². The van der Waals surface area contributed by atoms with Gasteiger partial charge in [-0.2, -0.15) is 0 Å². The van der Waals surface area contributed by atoms with E-state index in [1.165, 1.54) is 44.9 Å². The molecule has 4 aliphatic carbocycles. The summed E-state index contributed by atoms with van der Waals surface area (Å²) in [5.41, 5.74) is 1.30. The van der Waals surface area contributed by atoms with Crippen LogP contribution in [0.15, 0.2) is 0 Å². The van der Waals surface area contributed by atoms with Crippen LogP contribution >= 0.6 is 0 Å². The number of hydrogen-bond donors (Lipinski definition) is 0. The molecule has 4 unspecified atom stereocenters. The van der Waals surface area contributed by atoms with E-state index < -0.39 is 0 Å². The molecule has 0 aliphatic heterocycles. The van der Waals surface area contributed by atoms with Crippen molar-refractivity contribution in [2.24, 2.45) is 40.4 Å². The first kappa shape index (κ1) is 20.3. The van der Waals surface area contributed by atoms with Crippen molar-refractivity contribution in [1.82, 2.24) is 0 Å². The lowest BCUT2D eigenvalue weighted by Crippen LogP contribution is -2.48. The highest BCUT2D eigenvalue weighted by Gasteiger charge is 2.61. The molecule has 0 aromatic rings. The molecule has 2 bridgehead atoms. The van der Waals surface area contributed by atoms with Gasteiger partial charge in [-0.3, -0.25) is 0 Å². The standard InChI is InChI=1S/C27H48/c1-4-18-27(23-13-9-6-10-14-23,19-17-21-11-7-5-8-12-21)25-22-15-16-24(20-22)26(25,2)3/h21-25H,4-20H2,1-3H3. The number of rotatable bonds is 7. The predicted molar refractivity (Wildman–Crippen MR) is 118 cm³/mol. The van der Waals surface area contributed by atoms with Gasteiger partial charge < -0.3 is 0 Å². The molecule has 0 nitrogen and oxygen atoms in total. The van der Waals surface area contributed by atoms with E-state index in [4.69, 9.17) is 0 Å². The number of fused-ring (bicyclic) bond motifs is 2. The summed E-state index contributed by atoms with van der Waals surface area (Å²) in [4.78, 5) is 0. The van der Waals surface area contributed by atoms with Crippen molar-refractivity contribution >= 4 is 0 Å². The van der Waals surface area contributed by atoms with Crippen LogP contribution in [0.25, 0.3) is 0 Å². The average molecular weight is 373 g/mol. The summed E-state index contributed by atoms with van der Waals surface area (Å²) in [6.07, 6.45) is 26.2. The number of hydrogen-bond acceptors (Lipinski definition) is 0. The maximum atomic E-state index is 2.70. The molecule has 0 aromatic heterocycles. The Morgan fingerprint density at radius 3 is 2.04 bits per heavy atom. The zero-order valence-corrected chi connectivity index (χ0v) is 18.9. The van der Waals surface area contributed by atoms with Crippen molar-refractivity contribution < 1.29 is 0 Å². The minimum Gasteiger partial charge on any atom is -0.0654 e. The van der Waals surface area contributed by atoms with Gasteiger partial charge in [-0.05, 0) is 91.8 Å². The van der Waals surface area contributed by atoms with Gasteiger partial charge in [-0.25, -0.2) is 0 Å². The van der Waals surface area contributed by atoms with E-state index in [1.54, 1.807) is 64.2 Å². The first-order valence-corrected chi connectivity index (χ1v) is 13.1. The lowest BCUT2D eigenvalue weighted by atomic mass is 9.49. The van der Waals surface area contributed by atoms with E-state index in [2.05, 4.69) is 20.8 Å². The van der Waals surface area contributed by atoms with Gasteiger partial charge in [0.1, 0.15) is 0 Å². The van der Waals surface area contributed by atoms with Crippen LogP contribution in [-0.2, 0) is 0 Å². The summed E-state index contributed by atoms with van der Waals surface area (Å²) < 4.78 is 0. The predicted octanol–water partition coefficient (Wildman–Crippen LogP) is 8.79. The van der Waals surface area contributed by atoms with E-state index >= 15 is 0 Å². The quantitative estimate of drug-likeness (QED) is 0.419. The van der Waals surface area contributed by atoms with Crippen LogP contribution in [0.2, 0.25) is 0 Å². The lowest BCUT2D eigenvalue weighted by Gasteiger charge is -2.56. The highest BCUT2D eigenvalue weighted by atomic mass is 14.7. The first-order chi connectivity index (χ1) is 13.1. The lowest BCUT2D eigenvalue weighted by molar-refractivity contribution is -0.0703. The van der Waals surface area contributed by atoms with Crippen LogP contribution in [0.4, 0.5) is 0 Å². The third kappa shape index (κ3) is 3.77. The Kier molecular flexibility index (Phi) is 6.30. The van der Waals surface area contributed by atoms with Gasteiger partial charge in [-0.1, -0.05) is 78.6 Å². The minimum atomic E-state index is 0.613. The van der Waals surface area contributed by atoms with Crippen LogP contribution in [0, 0.1) is 40.4 Å². The zero-order chi connectivity index (χ0) is 18.9. The maximum Gasteiger partial charge on any atom is -0.0233 e. The summed E-state index contributed by atoms with van der Waals surface area (Å²) in [5.74, 6) is 5.28. The SMILES string of the molecule is CCCC(CCC1CCCCC1)(C1CCCCC1)C1C2CCC(C2)C1(C)C. The molecule has 0 aromatic carbocycles. The van der Waals surface area contributed by atoms with E-state index in [-0.39, 0.29) is 0 Å². The molecule has 4 rings (SSSR count). The molecule has 4 atom stereocenters. The molecule has 0 heteroatoms. The van der Waals surface area contributed by atoms with Crippen molar-refractivity contribution in [2.45, 2.75) is 130 Å². The molecule has 0 N–H and O–H groups in total. The van der Waals surface area contributed by atoms with Gasteiger partial charge in [0.2, 0.25) is 0 Å². The van der Waals surface area contributed by atoms with Gasteiger partial charge >= 0.3 is 0 Å². The van der Waals surface area contributed by atoms with E-state index in [1.807, 2.05) is 0 Å². The second-order valence-electron chi connectivity index (χ2n) is 11.9. The molecule has 0 heterocycles.